The van der Waals surface area contributed by atoms with Crippen LogP contribution in [0.25, 0.3) is 11.3 Å². The summed E-state index contributed by atoms with van der Waals surface area (Å²) in [6, 6.07) is 7.92. The van der Waals surface area contributed by atoms with Crippen LogP contribution in [0.15, 0.2) is 24.3 Å². The SMILES string of the molecule is Cc1cc(C)cc(-c2cc(NC(=O)C3CCS(=O)(=O)C3)n[nH]2)c1. The zero-order valence-corrected chi connectivity index (χ0v) is 13.9. The van der Waals surface area contributed by atoms with E-state index in [1.165, 1.54) is 0 Å². The number of amides is 1. The van der Waals surface area contributed by atoms with Gasteiger partial charge in [-0.15, -0.1) is 0 Å². The minimum Gasteiger partial charge on any atom is -0.309 e. The summed E-state index contributed by atoms with van der Waals surface area (Å²) >= 11 is 0. The van der Waals surface area contributed by atoms with Gasteiger partial charge in [-0.3, -0.25) is 9.89 Å². The number of nitrogens with zero attached hydrogens (tertiary/aromatic N) is 1. The summed E-state index contributed by atoms with van der Waals surface area (Å²) in [6.07, 6.45) is 0.378. The Labute approximate surface area is 135 Å². The number of sulfone groups is 1. The maximum Gasteiger partial charge on any atom is 0.229 e. The molecule has 7 heteroatoms. The van der Waals surface area contributed by atoms with Gasteiger partial charge in [-0.2, -0.15) is 5.10 Å². The topological polar surface area (TPSA) is 91.9 Å². The standard InChI is InChI=1S/C16H19N3O3S/c1-10-5-11(2)7-13(6-10)14-8-15(19-18-14)17-16(20)12-3-4-23(21,22)9-12/h5-8,12H,3-4,9H2,1-2H3,(H2,17,18,19,20). The third-order valence-electron chi connectivity index (χ3n) is 3.97. The lowest BCUT2D eigenvalue weighted by molar-refractivity contribution is -0.119. The van der Waals surface area contributed by atoms with E-state index in [1.54, 1.807) is 6.07 Å². The Morgan fingerprint density at radius 2 is 1.91 bits per heavy atom. The minimum absolute atomic E-state index is 0.0762. The molecule has 1 aliphatic heterocycles. The van der Waals surface area contributed by atoms with Crippen LogP contribution in [0.3, 0.4) is 0 Å². The fourth-order valence-corrected chi connectivity index (χ4v) is 4.64. The molecule has 1 aromatic carbocycles. The molecule has 0 saturated carbocycles. The zero-order chi connectivity index (χ0) is 16.6. The van der Waals surface area contributed by atoms with Crippen LogP contribution in [0.5, 0.6) is 0 Å². The van der Waals surface area contributed by atoms with Gasteiger partial charge in [-0.05, 0) is 32.4 Å². The van der Waals surface area contributed by atoms with Crippen LogP contribution >= 0.6 is 0 Å². The summed E-state index contributed by atoms with van der Waals surface area (Å²) in [6.45, 7) is 4.05. The maximum absolute atomic E-state index is 12.1. The number of aromatic nitrogens is 2. The largest absolute Gasteiger partial charge is 0.309 e. The summed E-state index contributed by atoms with van der Waals surface area (Å²) in [5.41, 5.74) is 4.11. The molecule has 1 unspecified atom stereocenters. The highest BCUT2D eigenvalue weighted by Crippen LogP contribution is 2.24. The second kappa shape index (κ2) is 5.81. The van der Waals surface area contributed by atoms with Crippen molar-refractivity contribution in [2.24, 2.45) is 5.92 Å². The monoisotopic (exact) mass is 333 g/mol. The van der Waals surface area contributed by atoms with E-state index in [-0.39, 0.29) is 17.4 Å². The fourth-order valence-electron chi connectivity index (χ4n) is 2.89. The average molecular weight is 333 g/mol. The van der Waals surface area contributed by atoms with Gasteiger partial charge in [0.1, 0.15) is 0 Å². The summed E-state index contributed by atoms with van der Waals surface area (Å²) < 4.78 is 22.9. The minimum atomic E-state index is -3.07. The molecule has 0 radical (unpaired) electrons. The highest BCUT2D eigenvalue weighted by molar-refractivity contribution is 7.91. The van der Waals surface area contributed by atoms with Gasteiger partial charge < -0.3 is 5.32 Å². The molecule has 1 amide bonds. The van der Waals surface area contributed by atoms with Gasteiger partial charge in [0, 0.05) is 11.6 Å². The number of nitrogens with one attached hydrogen (secondary N) is 2. The molecule has 1 saturated heterocycles. The van der Waals surface area contributed by atoms with Crippen LogP contribution in [0, 0.1) is 19.8 Å². The predicted molar refractivity (Wildman–Crippen MR) is 88.9 cm³/mol. The molecule has 0 aliphatic carbocycles. The van der Waals surface area contributed by atoms with Crippen molar-refractivity contribution >= 4 is 21.6 Å². The Morgan fingerprint density at radius 1 is 1.22 bits per heavy atom. The average Bonchev–Trinajstić information content (AvgIpc) is 3.04. The van der Waals surface area contributed by atoms with Crippen LogP contribution in [0.1, 0.15) is 17.5 Å². The van der Waals surface area contributed by atoms with Crippen molar-refractivity contribution in [2.45, 2.75) is 20.3 Å². The lowest BCUT2D eigenvalue weighted by atomic mass is 10.1. The lowest BCUT2D eigenvalue weighted by Gasteiger charge is -2.06. The first-order chi connectivity index (χ1) is 10.8. The molecular weight excluding hydrogens is 314 g/mol. The molecular formula is C16H19N3O3S. The van der Waals surface area contributed by atoms with E-state index in [1.807, 2.05) is 26.0 Å². The van der Waals surface area contributed by atoms with E-state index >= 15 is 0 Å². The Morgan fingerprint density at radius 3 is 2.52 bits per heavy atom. The number of rotatable bonds is 3. The molecule has 2 aromatic rings. The van der Waals surface area contributed by atoms with Crippen molar-refractivity contribution in [2.75, 3.05) is 16.8 Å². The molecule has 6 nitrogen and oxygen atoms in total. The Hall–Kier alpha value is -2.15. The quantitative estimate of drug-likeness (QED) is 0.899. The van der Waals surface area contributed by atoms with E-state index in [0.29, 0.717) is 12.2 Å². The number of anilines is 1. The van der Waals surface area contributed by atoms with Crippen molar-refractivity contribution in [3.63, 3.8) is 0 Å². The number of H-pyrrole nitrogens is 1. The van der Waals surface area contributed by atoms with E-state index in [2.05, 4.69) is 21.6 Å². The molecule has 3 rings (SSSR count). The molecule has 2 heterocycles. The number of hydrogen-bond acceptors (Lipinski definition) is 4. The second-order valence-corrected chi connectivity index (χ2v) is 8.36. The second-order valence-electron chi connectivity index (χ2n) is 6.13. The zero-order valence-electron chi connectivity index (χ0n) is 13.1. The molecule has 2 N–H and O–H groups in total. The molecule has 0 bridgehead atoms. The summed E-state index contributed by atoms with van der Waals surface area (Å²) in [7, 11) is -3.07. The van der Waals surface area contributed by atoms with Crippen molar-refractivity contribution in [3.05, 3.63) is 35.4 Å². The van der Waals surface area contributed by atoms with Crippen molar-refractivity contribution in [1.82, 2.24) is 10.2 Å². The van der Waals surface area contributed by atoms with Crippen LogP contribution < -0.4 is 5.32 Å². The van der Waals surface area contributed by atoms with Gasteiger partial charge in [0.05, 0.1) is 23.1 Å². The number of hydrogen-bond donors (Lipinski definition) is 2. The van der Waals surface area contributed by atoms with Crippen molar-refractivity contribution in [3.8, 4) is 11.3 Å². The van der Waals surface area contributed by atoms with E-state index < -0.39 is 15.8 Å². The molecule has 1 aliphatic rings. The van der Waals surface area contributed by atoms with Crippen molar-refractivity contribution in [1.29, 1.82) is 0 Å². The van der Waals surface area contributed by atoms with Gasteiger partial charge in [0.15, 0.2) is 15.7 Å². The molecule has 23 heavy (non-hydrogen) atoms. The number of carbonyl (C=O) groups excluding carboxylic acids is 1. The Bertz CT molecular complexity index is 835. The predicted octanol–water partition coefficient (Wildman–Crippen LogP) is 2.07. The summed E-state index contributed by atoms with van der Waals surface area (Å²) in [5.74, 6) is -0.355. The highest BCUT2D eigenvalue weighted by Gasteiger charge is 2.33. The first-order valence-electron chi connectivity index (χ1n) is 7.48. The van der Waals surface area contributed by atoms with E-state index in [0.717, 1.165) is 22.4 Å². The first kappa shape index (κ1) is 15.7. The Kier molecular flexibility index (Phi) is 3.97. The smallest absolute Gasteiger partial charge is 0.229 e. The van der Waals surface area contributed by atoms with Gasteiger partial charge >= 0.3 is 0 Å². The van der Waals surface area contributed by atoms with Crippen LogP contribution in [-0.2, 0) is 14.6 Å². The normalized spacial score (nSPS) is 19.7. The third-order valence-corrected chi connectivity index (χ3v) is 5.73. The number of carbonyl (C=O) groups is 1. The van der Waals surface area contributed by atoms with Gasteiger partial charge in [-0.1, -0.05) is 17.2 Å². The Balaban J connectivity index is 1.73. The van der Waals surface area contributed by atoms with E-state index in [4.69, 9.17) is 0 Å². The molecule has 122 valence electrons. The van der Waals surface area contributed by atoms with Gasteiger partial charge in [0.25, 0.3) is 0 Å². The number of benzene rings is 1. The number of aryl methyl sites for hydroxylation is 2. The summed E-state index contributed by atoms with van der Waals surface area (Å²) in [5, 5.41) is 9.69. The molecule has 1 aromatic heterocycles. The van der Waals surface area contributed by atoms with Gasteiger partial charge in [-0.25, -0.2) is 8.42 Å². The van der Waals surface area contributed by atoms with Crippen LogP contribution in [0.2, 0.25) is 0 Å². The number of aromatic amines is 1. The molecule has 0 spiro atoms. The fraction of sp³-hybridized carbons (Fsp3) is 0.375. The van der Waals surface area contributed by atoms with Crippen LogP contribution in [0.4, 0.5) is 5.82 Å². The first-order valence-corrected chi connectivity index (χ1v) is 9.30. The lowest BCUT2D eigenvalue weighted by Crippen LogP contribution is -2.23. The van der Waals surface area contributed by atoms with Crippen LogP contribution in [-0.4, -0.2) is 36.0 Å². The van der Waals surface area contributed by atoms with E-state index in [9.17, 15) is 13.2 Å². The van der Waals surface area contributed by atoms with Gasteiger partial charge in [0.2, 0.25) is 5.91 Å². The van der Waals surface area contributed by atoms with Crippen molar-refractivity contribution < 1.29 is 13.2 Å². The molecule has 1 fully saturated rings. The summed E-state index contributed by atoms with van der Waals surface area (Å²) in [4.78, 5) is 12.1. The maximum atomic E-state index is 12.1. The third kappa shape index (κ3) is 3.61. The molecule has 1 atom stereocenters. The highest BCUT2D eigenvalue weighted by atomic mass is 32.2.